The predicted octanol–water partition coefficient (Wildman–Crippen LogP) is 3.50. The molecule has 1 heterocycles. The number of rotatable bonds is 4. The van der Waals surface area contributed by atoms with Gasteiger partial charge < -0.3 is 10.6 Å². The highest BCUT2D eigenvalue weighted by Gasteiger charge is 2.21. The molecule has 0 spiro atoms. The van der Waals surface area contributed by atoms with Gasteiger partial charge >= 0.3 is 0 Å². The van der Waals surface area contributed by atoms with Gasteiger partial charge in [-0.25, -0.2) is 0 Å². The summed E-state index contributed by atoms with van der Waals surface area (Å²) in [5.41, 5.74) is 6.16. The number of carbonyl (C=O) groups excluding carboxylic acids is 1. The molecule has 0 bridgehead atoms. The van der Waals surface area contributed by atoms with Crippen molar-refractivity contribution >= 4 is 11.6 Å². The quantitative estimate of drug-likeness (QED) is 0.907. The minimum atomic E-state index is 0.0472. The highest BCUT2D eigenvalue weighted by atomic mass is 16.1. The first-order chi connectivity index (χ1) is 11.3. The Hall–Kier alpha value is -2.29. The summed E-state index contributed by atoms with van der Waals surface area (Å²) >= 11 is 0. The number of amides is 1. The van der Waals surface area contributed by atoms with Crippen LogP contribution in [0.2, 0.25) is 0 Å². The molecule has 0 fully saturated rings. The van der Waals surface area contributed by atoms with Gasteiger partial charge in [-0.2, -0.15) is 0 Å². The molecule has 1 amide bonds. The third-order valence-electron chi connectivity index (χ3n) is 5.11. The van der Waals surface area contributed by atoms with Crippen LogP contribution in [-0.2, 0) is 12.8 Å². The molecule has 1 aliphatic carbocycles. The average Bonchev–Trinajstić information content (AvgIpc) is 3.21. The minimum Gasteiger partial charge on any atom is -0.384 e. The summed E-state index contributed by atoms with van der Waals surface area (Å²) in [5.74, 6) is 0.640. The third-order valence-corrected chi connectivity index (χ3v) is 5.11. The number of carbonyl (C=O) groups is 1. The Morgan fingerprint density at radius 2 is 2.04 bits per heavy atom. The van der Waals surface area contributed by atoms with Crippen LogP contribution in [0.3, 0.4) is 0 Å². The molecule has 2 aromatic carbocycles. The Bertz CT molecular complexity index is 738. The molecule has 1 atom stereocenters. The maximum atomic E-state index is 12.3. The lowest BCUT2D eigenvalue weighted by Crippen LogP contribution is -2.25. The molecular weight excluding hydrogens is 284 g/mol. The fourth-order valence-corrected chi connectivity index (χ4v) is 3.85. The zero-order valence-electron chi connectivity index (χ0n) is 13.3. The molecule has 3 heteroatoms. The van der Waals surface area contributed by atoms with Crippen molar-refractivity contribution < 1.29 is 4.79 Å². The second kappa shape index (κ2) is 6.07. The maximum absolute atomic E-state index is 12.3. The number of hydrogen-bond acceptors (Lipinski definition) is 2. The van der Waals surface area contributed by atoms with Gasteiger partial charge in [-0.3, -0.25) is 4.79 Å². The molecule has 2 aliphatic rings. The standard InChI is InChI=1S/C20H22N2O/c23-20(17-7-8-19-16(13-17)10-11-21-19)22-12-9-15-6-5-14-3-1-2-4-18(14)15/h1-4,7-8,13,15,21H,5-6,9-12H2,(H,22,23). The van der Waals surface area contributed by atoms with Gasteiger partial charge in [0.25, 0.3) is 5.91 Å². The molecule has 0 radical (unpaired) electrons. The van der Waals surface area contributed by atoms with Gasteiger partial charge in [0, 0.05) is 24.3 Å². The van der Waals surface area contributed by atoms with Crippen molar-refractivity contribution in [3.8, 4) is 0 Å². The Kier molecular flexibility index (Phi) is 3.78. The van der Waals surface area contributed by atoms with Crippen molar-refractivity contribution in [3.63, 3.8) is 0 Å². The van der Waals surface area contributed by atoms with Crippen molar-refractivity contribution in [2.24, 2.45) is 0 Å². The number of fused-ring (bicyclic) bond motifs is 2. The van der Waals surface area contributed by atoms with E-state index in [0.717, 1.165) is 31.5 Å². The van der Waals surface area contributed by atoms with Gasteiger partial charge in [0.2, 0.25) is 0 Å². The van der Waals surface area contributed by atoms with Crippen LogP contribution in [0.25, 0.3) is 0 Å². The van der Waals surface area contributed by atoms with E-state index in [1.165, 1.54) is 35.2 Å². The second-order valence-corrected chi connectivity index (χ2v) is 6.53. The normalized spacial score (nSPS) is 18.2. The van der Waals surface area contributed by atoms with E-state index in [4.69, 9.17) is 0 Å². The first kappa shape index (κ1) is 14.3. The molecule has 118 valence electrons. The summed E-state index contributed by atoms with van der Waals surface area (Å²) in [4.78, 5) is 12.3. The van der Waals surface area contributed by atoms with Crippen LogP contribution >= 0.6 is 0 Å². The van der Waals surface area contributed by atoms with Crippen molar-refractivity contribution in [2.75, 3.05) is 18.4 Å². The van der Waals surface area contributed by atoms with Crippen molar-refractivity contribution in [3.05, 3.63) is 64.7 Å². The molecule has 2 aromatic rings. The largest absolute Gasteiger partial charge is 0.384 e. The summed E-state index contributed by atoms with van der Waals surface area (Å²) in [7, 11) is 0. The molecule has 23 heavy (non-hydrogen) atoms. The Balaban J connectivity index is 1.34. The fraction of sp³-hybridized carbons (Fsp3) is 0.350. The Morgan fingerprint density at radius 1 is 1.13 bits per heavy atom. The van der Waals surface area contributed by atoms with E-state index < -0.39 is 0 Å². The topological polar surface area (TPSA) is 41.1 Å². The van der Waals surface area contributed by atoms with Gasteiger partial charge in [-0.15, -0.1) is 0 Å². The highest BCUT2D eigenvalue weighted by molar-refractivity contribution is 5.95. The fourth-order valence-electron chi connectivity index (χ4n) is 3.85. The van der Waals surface area contributed by atoms with Crippen LogP contribution in [0, 0.1) is 0 Å². The molecule has 1 aliphatic heterocycles. The summed E-state index contributed by atoms with van der Waals surface area (Å²) in [6, 6.07) is 14.7. The zero-order chi connectivity index (χ0) is 15.6. The summed E-state index contributed by atoms with van der Waals surface area (Å²) in [6.45, 7) is 1.72. The number of nitrogens with one attached hydrogen (secondary N) is 2. The average molecular weight is 306 g/mol. The zero-order valence-corrected chi connectivity index (χ0v) is 13.3. The molecule has 0 saturated carbocycles. The van der Waals surface area contributed by atoms with Crippen molar-refractivity contribution in [1.82, 2.24) is 5.32 Å². The lowest BCUT2D eigenvalue weighted by atomic mass is 9.98. The molecule has 0 saturated heterocycles. The van der Waals surface area contributed by atoms with E-state index in [-0.39, 0.29) is 5.91 Å². The van der Waals surface area contributed by atoms with Crippen LogP contribution < -0.4 is 10.6 Å². The lowest BCUT2D eigenvalue weighted by Gasteiger charge is -2.12. The first-order valence-electron chi connectivity index (χ1n) is 8.54. The smallest absolute Gasteiger partial charge is 0.251 e. The van der Waals surface area contributed by atoms with E-state index in [9.17, 15) is 4.79 Å². The molecule has 1 unspecified atom stereocenters. The number of benzene rings is 2. The van der Waals surface area contributed by atoms with Gasteiger partial charge in [-0.1, -0.05) is 24.3 Å². The number of anilines is 1. The Morgan fingerprint density at radius 3 is 3.00 bits per heavy atom. The molecule has 0 aromatic heterocycles. The van der Waals surface area contributed by atoms with E-state index in [1.807, 2.05) is 18.2 Å². The van der Waals surface area contributed by atoms with Crippen molar-refractivity contribution in [1.29, 1.82) is 0 Å². The van der Waals surface area contributed by atoms with Crippen LogP contribution in [0.15, 0.2) is 42.5 Å². The molecule has 3 nitrogen and oxygen atoms in total. The third kappa shape index (κ3) is 2.83. The predicted molar refractivity (Wildman–Crippen MR) is 93.1 cm³/mol. The monoisotopic (exact) mass is 306 g/mol. The van der Waals surface area contributed by atoms with E-state index in [1.54, 1.807) is 0 Å². The van der Waals surface area contributed by atoms with Gasteiger partial charge in [-0.05, 0) is 66.5 Å². The van der Waals surface area contributed by atoms with E-state index >= 15 is 0 Å². The van der Waals surface area contributed by atoms with Gasteiger partial charge in [0.15, 0.2) is 0 Å². The summed E-state index contributed by atoms with van der Waals surface area (Å²) < 4.78 is 0. The molecular formula is C20H22N2O. The van der Waals surface area contributed by atoms with Crippen LogP contribution in [-0.4, -0.2) is 19.0 Å². The highest BCUT2D eigenvalue weighted by Crippen LogP contribution is 2.34. The van der Waals surface area contributed by atoms with Gasteiger partial charge in [0.1, 0.15) is 0 Å². The van der Waals surface area contributed by atoms with E-state index in [0.29, 0.717) is 5.92 Å². The van der Waals surface area contributed by atoms with Crippen LogP contribution in [0.5, 0.6) is 0 Å². The first-order valence-corrected chi connectivity index (χ1v) is 8.54. The van der Waals surface area contributed by atoms with E-state index in [2.05, 4.69) is 34.9 Å². The maximum Gasteiger partial charge on any atom is 0.251 e. The lowest BCUT2D eigenvalue weighted by molar-refractivity contribution is 0.0952. The van der Waals surface area contributed by atoms with Crippen molar-refractivity contribution in [2.45, 2.75) is 31.6 Å². The second-order valence-electron chi connectivity index (χ2n) is 6.53. The molecule has 4 rings (SSSR count). The summed E-state index contributed by atoms with van der Waals surface area (Å²) in [6.07, 6.45) is 4.41. The van der Waals surface area contributed by atoms with Crippen LogP contribution in [0.1, 0.15) is 45.8 Å². The summed E-state index contributed by atoms with van der Waals surface area (Å²) in [5, 5.41) is 6.41. The Labute approximate surface area is 137 Å². The molecule has 2 N–H and O–H groups in total. The van der Waals surface area contributed by atoms with Gasteiger partial charge in [0.05, 0.1) is 0 Å². The number of hydrogen-bond donors (Lipinski definition) is 2. The van der Waals surface area contributed by atoms with Crippen LogP contribution in [0.4, 0.5) is 5.69 Å². The SMILES string of the molecule is O=C(NCCC1CCc2ccccc21)c1ccc2c(c1)CCN2. The number of aryl methyl sites for hydroxylation is 1. The minimum absolute atomic E-state index is 0.0472.